The molecule has 0 N–H and O–H groups in total. The molecule has 33 heavy (non-hydrogen) atoms. The van der Waals surface area contributed by atoms with Gasteiger partial charge in [0.05, 0.1) is 6.42 Å². The number of ketones is 1. The van der Waals surface area contributed by atoms with Gasteiger partial charge in [0.1, 0.15) is 11.5 Å². The maximum absolute atomic E-state index is 11.9. The lowest BCUT2D eigenvalue weighted by Gasteiger charge is -2.57. The number of carbonyl (C=O) groups excluding carboxylic acids is 2. The van der Waals surface area contributed by atoms with Crippen LogP contribution < -0.4 is 4.74 Å². The molecule has 4 bridgehead atoms. The van der Waals surface area contributed by atoms with E-state index < -0.39 is 11.6 Å². The Kier molecular flexibility index (Phi) is 5.39. The molecule has 6 heteroatoms. The van der Waals surface area contributed by atoms with Gasteiger partial charge in [-0.25, -0.2) is 0 Å². The molecule has 1 aromatic rings. The van der Waals surface area contributed by atoms with Crippen molar-refractivity contribution in [2.45, 2.75) is 95.0 Å². The van der Waals surface area contributed by atoms with Crippen molar-refractivity contribution < 1.29 is 28.8 Å². The molecule has 178 valence electrons. The Morgan fingerprint density at radius 3 is 2.33 bits per heavy atom. The number of carbonyl (C=O) groups is 2. The van der Waals surface area contributed by atoms with E-state index in [9.17, 15) is 9.59 Å². The predicted molar refractivity (Wildman–Crippen MR) is 119 cm³/mol. The van der Waals surface area contributed by atoms with E-state index in [1.54, 1.807) is 0 Å². The minimum Gasteiger partial charge on any atom is -0.427 e. The van der Waals surface area contributed by atoms with Crippen LogP contribution in [0.25, 0.3) is 0 Å². The van der Waals surface area contributed by atoms with Gasteiger partial charge in [0.2, 0.25) is 11.6 Å². The van der Waals surface area contributed by atoms with Gasteiger partial charge in [0, 0.05) is 31.1 Å². The molecule has 2 atom stereocenters. The maximum Gasteiger partial charge on any atom is 0.311 e. The Labute approximate surface area is 195 Å². The quantitative estimate of drug-likeness (QED) is 0.335. The number of benzene rings is 1. The Hall–Kier alpha value is -1.76. The first-order valence-electron chi connectivity index (χ1n) is 12.8. The summed E-state index contributed by atoms with van der Waals surface area (Å²) in [7, 11) is 0. The molecule has 5 aliphatic carbocycles. The van der Waals surface area contributed by atoms with Crippen LogP contribution in [0.3, 0.4) is 0 Å². The van der Waals surface area contributed by atoms with Crippen molar-refractivity contribution in [2.75, 3.05) is 0 Å². The first-order valence-corrected chi connectivity index (χ1v) is 12.8. The minimum absolute atomic E-state index is 0.00991. The third-order valence-electron chi connectivity index (χ3n) is 8.88. The third-order valence-corrected chi connectivity index (χ3v) is 8.88. The van der Waals surface area contributed by atoms with Gasteiger partial charge in [-0.3, -0.25) is 4.79 Å². The van der Waals surface area contributed by atoms with Gasteiger partial charge in [-0.15, -0.1) is 0 Å². The molecule has 1 aromatic carbocycles. The fraction of sp³-hybridized carbons (Fsp3) is 0.704. The molecule has 6 aliphatic rings. The monoisotopic (exact) mass is 454 g/mol. The lowest BCUT2D eigenvalue weighted by molar-refractivity contribution is -0.390. The average molecular weight is 455 g/mol. The highest BCUT2D eigenvalue weighted by Crippen LogP contribution is 2.64. The molecule has 1 aliphatic heterocycles. The van der Waals surface area contributed by atoms with Crippen molar-refractivity contribution in [3.05, 3.63) is 29.8 Å². The van der Waals surface area contributed by atoms with Gasteiger partial charge >= 0.3 is 5.97 Å². The van der Waals surface area contributed by atoms with E-state index in [1.165, 1.54) is 44.6 Å². The number of hydrogen-bond donors (Lipinski definition) is 0. The summed E-state index contributed by atoms with van der Waals surface area (Å²) in [4.78, 5) is 35.3. The summed E-state index contributed by atoms with van der Waals surface area (Å²) < 4.78 is 12.3. The molecular formula is C27H34O6. The van der Waals surface area contributed by atoms with Gasteiger partial charge < -0.3 is 14.3 Å². The molecule has 6 nitrogen and oxygen atoms in total. The van der Waals surface area contributed by atoms with Crippen LogP contribution in [0.2, 0.25) is 0 Å². The molecule has 0 amide bonds. The fourth-order valence-electron chi connectivity index (χ4n) is 7.53. The standard InChI is InChI=1S/C27H34O6/c1-17(28)4-9-25(29)30-24-7-5-20(6-8-24)21-3-2-10-26(16-21)31-27(33-32-26)22-12-18-11-19(14-22)15-23(27)13-18/h5-8,18-19,21-23H,2-4,9-16H2,1H3/t18?,19?,21-,22?,23?,26-,27?/m1/s1. The zero-order valence-electron chi connectivity index (χ0n) is 19.4. The van der Waals surface area contributed by atoms with Crippen molar-refractivity contribution in [1.82, 2.24) is 0 Å². The van der Waals surface area contributed by atoms with Gasteiger partial charge in [-0.2, -0.15) is 9.78 Å². The molecule has 2 spiro atoms. The minimum atomic E-state index is -0.643. The van der Waals surface area contributed by atoms with Crippen LogP contribution in [0.15, 0.2) is 24.3 Å². The molecule has 0 aromatic heterocycles. The van der Waals surface area contributed by atoms with Crippen molar-refractivity contribution >= 4 is 11.8 Å². The van der Waals surface area contributed by atoms with Crippen LogP contribution >= 0.6 is 0 Å². The summed E-state index contributed by atoms with van der Waals surface area (Å²) in [5, 5.41) is 0. The van der Waals surface area contributed by atoms with Gasteiger partial charge in [0.15, 0.2) is 0 Å². The summed E-state index contributed by atoms with van der Waals surface area (Å²) >= 11 is 0. The lowest BCUT2D eigenvalue weighted by atomic mass is 9.53. The Balaban J connectivity index is 1.12. The lowest BCUT2D eigenvalue weighted by Crippen LogP contribution is -2.59. The second-order valence-corrected chi connectivity index (χ2v) is 11.2. The van der Waals surface area contributed by atoms with Crippen LogP contribution in [-0.4, -0.2) is 23.3 Å². The zero-order valence-corrected chi connectivity index (χ0v) is 19.4. The van der Waals surface area contributed by atoms with Crippen LogP contribution in [-0.2, 0) is 24.1 Å². The molecule has 1 saturated heterocycles. The zero-order chi connectivity index (χ0) is 22.6. The molecule has 0 unspecified atom stereocenters. The van der Waals surface area contributed by atoms with Crippen molar-refractivity contribution in [1.29, 1.82) is 0 Å². The highest BCUT2D eigenvalue weighted by Gasteiger charge is 2.67. The summed E-state index contributed by atoms with van der Waals surface area (Å²) in [5.74, 6) is 1.95. The molecule has 0 radical (unpaired) electrons. The van der Waals surface area contributed by atoms with E-state index in [4.69, 9.17) is 19.2 Å². The normalized spacial score (nSPS) is 41.1. The number of rotatable bonds is 5. The number of Topliss-reactive ketones (excluding diaryl/α,β-unsaturated/α-hetero) is 1. The number of ether oxygens (including phenoxy) is 2. The van der Waals surface area contributed by atoms with Gasteiger partial charge in [-0.1, -0.05) is 12.1 Å². The van der Waals surface area contributed by atoms with Crippen LogP contribution in [0.4, 0.5) is 0 Å². The number of esters is 1. The summed E-state index contributed by atoms with van der Waals surface area (Å²) in [6.07, 6.45) is 10.4. The highest BCUT2D eigenvalue weighted by molar-refractivity contribution is 5.81. The molecular weight excluding hydrogens is 420 g/mol. The molecule has 1 heterocycles. The van der Waals surface area contributed by atoms with Crippen molar-refractivity contribution in [3.63, 3.8) is 0 Å². The van der Waals surface area contributed by atoms with E-state index in [1.807, 2.05) is 24.3 Å². The predicted octanol–water partition coefficient (Wildman–Crippen LogP) is 5.45. The Morgan fingerprint density at radius 1 is 0.970 bits per heavy atom. The van der Waals surface area contributed by atoms with E-state index >= 15 is 0 Å². The molecule has 6 fully saturated rings. The summed E-state index contributed by atoms with van der Waals surface area (Å²) in [6.45, 7) is 1.48. The first kappa shape index (κ1) is 21.8. The SMILES string of the molecule is CC(=O)CCC(=O)Oc1ccc([C@@H]2CCC[C@]3(C2)OOC2(O3)C3CC4CC(C3)CC2C4)cc1. The van der Waals surface area contributed by atoms with Crippen LogP contribution in [0.1, 0.15) is 89.0 Å². The first-order chi connectivity index (χ1) is 15.9. The summed E-state index contributed by atoms with van der Waals surface area (Å²) in [5.41, 5.74) is 1.20. The topological polar surface area (TPSA) is 71.1 Å². The second kappa shape index (κ2) is 8.17. The average Bonchev–Trinajstić information content (AvgIpc) is 3.15. The fourth-order valence-corrected chi connectivity index (χ4v) is 7.53. The van der Waals surface area contributed by atoms with Crippen molar-refractivity contribution in [3.8, 4) is 5.75 Å². The molecule has 7 rings (SSSR count). The Morgan fingerprint density at radius 2 is 1.67 bits per heavy atom. The Bertz CT molecular complexity index is 895. The van der Waals surface area contributed by atoms with E-state index in [0.29, 0.717) is 23.5 Å². The molecule has 5 saturated carbocycles. The van der Waals surface area contributed by atoms with Gasteiger partial charge in [-0.05, 0) is 87.3 Å². The summed E-state index contributed by atoms with van der Waals surface area (Å²) in [6, 6.07) is 7.75. The maximum atomic E-state index is 11.9. The van der Waals surface area contributed by atoms with E-state index in [2.05, 4.69) is 0 Å². The third kappa shape index (κ3) is 3.94. The van der Waals surface area contributed by atoms with E-state index in [0.717, 1.165) is 37.5 Å². The van der Waals surface area contributed by atoms with Crippen LogP contribution in [0.5, 0.6) is 5.75 Å². The second-order valence-electron chi connectivity index (χ2n) is 11.2. The largest absolute Gasteiger partial charge is 0.427 e. The highest BCUT2D eigenvalue weighted by atomic mass is 17.3. The van der Waals surface area contributed by atoms with Gasteiger partial charge in [0.25, 0.3) is 0 Å². The number of hydrogen-bond acceptors (Lipinski definition) is 6. The van der Waals surface area contributed by atoms with Crippen LogP contribution in [0, 0.1) is 23.7 Å². The van der Waals surface area contributed by atoms with Crippen molar-refractivity contribution in [2.24, 2.45) is 23.7 Å². The smallest absolute Gasteiger partial charge is 0.311 e. The van der Waals surface area contributed by atoms with E-state index in [-0.39, 0.29) is 24.6 Å².